The van der Waals surface area contributed by atoms with Crippen LogP contribution in [-0.2, 0) is 4.74 Å². The maximum atomic E-state index is 5.66. The maximum absolute atomic E-state index is 5.66. The third-order valence-corrected chi connectivity index (χ3v) is 3.18. The second kappa shape index (κ2) is 10.7. The fourth-order valence-electron chi connectivity index (χ4n) is 2.08. The molecule has 20 heavy (non-hydrogen) atoms. The van der Waals surface area contributed by atoms with Gasteiger partial charge in [-0.2, -0.15) is 0 Å². The summed E-state index contributed by atoms with van der Waals surface area (Å²) in [6.45, 7) is 9.65. The van der Waals surface area contributed by atoms with Crippen LogP contribution >= 0.6 is 0 Å². The standard InChI is InChI=1S/C17H29NO2/c1-4-11-18-17(6-3)15-7-9-16(10-8-15)20-14-13-19-12-5-2/h7-10,17-18H,4-6,11-14H2,1-3H3. The summed E-state index contributed by atoms with van der Waals surface area (Å²) < 4.78 is 11.0. The molecule has 0 spiro atoms. The van der Waals surface area contributed by atoms with Crippen LogP contribution < -0.4 is 10.1 Å². The molecule has 0 bridgehead atoms. The number of hydrogen-bond donors (Lipinski definition) is 1. The van der Waals surface area contributed by atoms with Gasteiger partial charge in [-0.1, -0.05) is 32.9 Å². The fourth-order valence-corrected chi connectivity index (χ4v) is 2.08. The Morgan fingerprint density at radius 1 is 0.950 bits per heavy atom. The lowest BCUT2D eigenvalue weighted by Gasteiger charge is -2.17. The van der Waals surface area contributed by atoms with Crippen molar-refractivity contribution in [1.29, 1.82) is 0 Å². The van der Waals surface area contributed by atoms with Crippen LogP contribution in [0.1, 0.15) is 51.6 Å². The van der Waals surface area contributed by atoms with Crippen molar-refractivity contribution in [3.05, 3.63) is 29.8 Å². The average Bonchev–Trinajstić information content (AvgIpc) is 2.49. The fraction of sp³-hybridized carbons (Fsp3) is 0.647. The summed E-state index contributed by atoms with van der Waals surface area (Å²) in [7, 11) is 0. The summed E-state index contributed by atoms with van der Waals surface area (Å²) in [5, 5.41) is 3.56. The van der Waals surface area contributed by atoms with Crippen LogP contribution in [0, 0.1) is 0 Å². The van der Waals surface area contributed by atoms with Crippen LogP contribution in [0.25, 0.3) is 0 Å². The molecule has 3 heteroatoms. The highest BCUT2D eigenvalue weighted by Crippen LogP contribution is 2.20. The molecule has 1 rings (SSSR count). The topological polar surface area (TPSA) is 30.5 Å². The van der Waals surface area contributed by atoms with E-state index >= 15 is 0 Å². The van der Waals surface area contributed by atoms with Crippen LogP contribution in [0.3, 0.4) is 0 Å². The van der Waals surface area contributed by atoms with Crippen molar-refractivity contribution in [2.24, 2.45) is 0 Å². The van der Waals surface area contributed by atoms with Crippen LogP contribution in [-0.4, -0.2) is 26.4 Å². The van der Waals surface area contributed by atoms with E-state index in [1.165, 1.54) is 5.56 Å². The molecular formula is C17H29NO2. The molecule has 1 atom stereocenters. The van der Waals surface area contributed by atoms with E-state index in [-0.39, 0.29) is 0 Å². The molecule has 0 heterocycles. The zero-order valence-corrected chi connectivity index (χ0v) is 13.2. The molecule has 0 aliphatic carbocycles. The number of nitrogens with one attached hydrogen (secondary N) is 1. The first kappa shape index (κ1) is 17.0. The van der Waals surface area contributed by atoms with Gasteiger partial charge in [0.15, 0.2) is 0 Å². The molecule has 0 radical (unpaired) electrons. The van der Waals surface area contributed by atoms with Gasteiger partial charge >= 0.3 is 0 Å². The van der Waals surface area contributed by atoms with Crippen molar-refractivity contribution in [3.8, 4) is 5.75 Å². The van der Waals surface area contributed by atoms with Gasteiger partial charge in [0.1, 0.15) is 12.4 Å². The zero-order chi connectivity index (χ0) is 14.6. The van der Waals surface area contributed by atoms with E-state index in [1.807, 2.05) is 12.1 Å². The van der Waals surface area contributed by atoms with E-state index in [0.717, 1.165) is 38.2 Å². The number of benzene rings is 1. The monoisotopic (exact) mass is 279 g/mol. The second-order valence-corrected chi connectivity index (χ2v) is 4.94. The first-order chi connectivity index (χ1) is 9.81. The lowest BCUT2D eigenvalue weighted by atomic mass is 10.0. The highest BCUT2D eigenvalue weighted by Gasteiger charge is 2.07. The van der Waals surface area contributed by atoms with Crippen molar-refractivity contribution in [3.63, 3.8) is 0 Å². The van der Waals surface area contributed by atoms with Gasteiger partial charge in [0.25, 0.3) is 0 Å². The lowest BCUT2D eigenvalue weighted by molar-refractivity contribution is 0.101. The summed E-state index contributed by atoms with van der Waals surface area (Å²) in [6.07, 6.45) is 3.32. The van der Waals surface area contributed by atoms with Gasteiger partial charge in [-0.05, 0) is 43.5 Å². The predicted octanol–water partition coefficient (Wildman–Crippen LogP) is 3.94. The summed E-state index contributed by atoms with van der Waals surface area (Å²) >= 11 is 0. The van der Waals surface area contributed by atoms with Crippen molar-refractivity contribution >= 4 is 0 Å². The summed E-state index contributed by atoms with van der Waals surface area (Å²) in [5.74, 6) is 0.916. The van der Waals surface area contributed by atoms with E-state index in [0.29, 0.717) is 19.3 Å². The molecule has 0 aromatic heterocycles. The van der Waals surface area contributed by atoms with Crippen molar-refractivity contribution in [1.82, 2.24) is 5.32 Å². The van der Waals surface area contributed by atoms with Crippen molar-refractivity contribution in [2.45, 2.75) is 46.1 Å². The molecule has 0 saturated heterocycles. The normalized spacial score (nSPS) is 12.3. The highest BCUT2D eigenvalue weighted by atomic mass is 16.5. The Morgan fingerprint density at radius 2 is 1.70 bits per heavy atom. The minimum absolute atomic E-state index is 0.442. The molecule has 1 aromatic carbocycles. The Labute approximate surface area is 123 Å². The molecule has 1 N–H and O–H groups in total. The Kier molecular flexibility index (Phi) is 9.09. The minimum Gasteiger partial charge on any atom is -0.491 e. The van der Waals surface area contributed by atoms with E-state index < -0.39 is 0 Å². The van der Waals surface area contributed by atoms with Crippen LogP contribution in [0.5, 0.6) is 5.75 Å². The van der Waals surface area contributed by atoms with E-state index in [4.69, 9.17) is 9.47 Å². The van der Waals surface area contributed by atoms with Gasteiger partial charge in [-0.3, -0.25) is 0 Å². The zero-order valence-electron chi connectivity index (χ0n) is 13.2. The molecule has 1 unspecified atom stereocenters. The molecular weight excluding hydrogens is 250 g/mol. The van der Waals surface area contributed by atoms with Crippen molar-refractivity contribution < 1.29 is 9.47 Å². The van der Waals surface area contributed by atoms with Gasteiger partial charge in [-0.25, -0.2) is 0 Å². The molecule has 3 nitrogen and oxygen atoms in total. The van der Waals surface area contributed by atoms with Gasteiger partial charge in [0.05, 0.1) is 6.61 Å². The predicted molar refractivity (Wildman–Crippen MR) is 84.4 cm³/mol. The maximum Gasteiger partial charge on any atom is 0.119 e. The summed E-state index contributed by atoms with van der Waals surface area (Å²) in [5.41, 5.74) is 1.33. The quantitative estimate of drug-likeness (QED) is 0.622. The smallest absolute Gasteiger partial charge is 0.119 e. The molecule has 0 fully saturated rings. The number of rotatable bonds is 11. The first-order valence-corrected chi connectivity index (χ1v) is 7.85. The minimum atomic E-state index is 0.442. The second-order valence-electron chi connectivity index (χ2n) is 4.94. The largest absolute Gasteiger partial charge is 0.491 e. The van der Waals surface area contributed by atoms with Gasteiger partial charge < -0.3 is 14.8 Å². The van der Waals surface area contributed by atoms with Gasteiger partial charge in [0, 0.05) is 12.6 Å². The lowest BCUT2D eigenvalue weighted by Crippen LogP contribution is -2.21. The third-order valence-electron chi connectivity index (χ3n) is 3.18. The molecule has 0 saturated carbocycles. The van der Waals surface area contributed by atoms with Crippen molar-refractivity contribution in [2.75, 3.05) is 26.4 Å². The molecule has 1 aromatic rings. The number of ether oxygens (including phenoxy) is 2. The van der Waals surface area contributed by atoms with Crippen LogP contribution in [0.4, 0.5) is 0 Å². The molecule has 0 aliphatic rings. The Bertz CT molecular complexity index is 337. The van der Waals surface area contributed by atoms with E-state index in [1.54, 1.807) is 0 Å². The molecule has 0 amide bonds. The third kappa shape index (κ3) is 6.40. The number of hydrogen-bond acceptors (Lipinski definition) is 3. The Balaban J connectivity index is 2.38. The van der Waals surface area contributed by atoms with E-state index in [2.05, 4.69) is 38.2 Å². The molecule has 114 valence electrons. The van der Waals surface area contributed by atoms with Gasteiger partial charge in [0.2, 0.25) is 0 Å². The molecule has 0 aliphatic heterocycles. The summed E-state index contributed by atoms with van der Waals surface area (Å²) in [6, 6.07) is 8.84. The van der Waals surface area contributed by atoms with Gasteiger partial charge in [-0.15, -0.1) is 0 Å². The Hall–Kier alpha value is -1.06. The van der Waals surface area contributed by atoms with Crippen LogP contribution in [0.2, 0.25) is 0 Å². The first-order valence-electron chi connectivity index (χ1n) is 7.85. The van der Waals surface area contributed by atoms with Crippen LogP contribution in [0.15, 0.2) is 24.3 Å². The highest BCUT2D eigenvalue weighted by molar-refractivity contribution is 5.29. The summed E-state index contributed by atoms with van der Waals surface area (Å²) in [4.78, 5) is 0. The Morgan fingerprint density at radius 3 is 2.30 bits per heavy atom. The SMILES string of the molecule is CCCNC(CC)c1ccc(OCCOCCC)cc1. The average molecular weight is 279 g/mol. The van der Waals surface area contributed by atoms with E-state index in [9.17, 15) is 0 Å².